The highest BCUT2D eigenvalue weighted by Crippen LogP contribution is 2.45. The second kappa shape index (κ2) is 5.42. The Bertz CT molecular complexity index is 569. The van der Waals surface area contributed by atoms with Crippen molar-refractivity contribution in [2.24, 2.45) is 0 Å². The first-order valence-corrected chi connectivity index (χ1v) is 8.81. The minimum atomic E-state index is -0.899. The highest BCUT2D eigenvalue weighted by molar-refractivity contribution is 7.84. The maximum absolute atomic E-state index is 12.5. The summed E-state index contributed by atoms with van der Waals surface area (Å²) in [5.41, 5.74) is 0.676. The zero-order valence-electron chi connectivity index (χ0n) is 12.3. The fourth-order valence-electron chi connectivity index (χ4n) is 2.78. The van der Waals surface area contributed by atoms with E-state index < -0.39 is 10.8 Å². The number of rotatable bonds is 5. The smallest absolute Gasteiger partial charge is 0.244 e. The second-order valence-electron chi connectivity index (χ2n) is 5.68. The summed E-state index contributed by atoms with van der Waals surface area (Å²) in [4.78, 5) is 14.4. The Labute approximate surface area is 127 Å². The van der Waals surface area contributed by atoms with E-state index in [0.29, 0.717) is 12.3 Å². The fourth-order valence-corrected chi connectivity index (χ4v) is 3.24. The zero-order valence-corrected chi connectivity index (χ0v) is 13.1. The molecule has 5 nitrogen and oxygen atoms in total. The summed E-state index contributed by atoms with van der Waals surface area (Å²) < 4.78 is 16.5. The molecule has 2 aliphatic rings. The lowest BCUT2D eigenvalue weighted by molar-refractivity contribution is -0.130. The van der Waals surface area contributed by atoms with Crippen LogP contribution in [0.5, 0.6) is 5.75 Å². The van der Waals surface area contributed by atoms with Crippen LogP contribution in [0.1, 0.15) is 24.6 Å². The number of benzene rings is 1. The molecule has 1 heterocycles. The fraction of sp³-hybridized carbons (Fsp3) is 0.533. The second-order valence-corrected chi connectivity index (χ2v) is 7.23. The van der Waals surface area contributed by atoms with Crippen molar-refractivity contribution >= 4 is 16.7 Å². The molecule has 1 spiro atoms. The Hall–Kier alpha value is -1.40. The van der Waals surface area contributed by atoms with Crippen LogP contribution in [0.15, 0.2) is 24.3 Å². The predicted octanol–water partition coefficient (Wildman–Crippen LogP) is 1.04. The van der Waals surface area contributed by atoms with Crippen molar-refractivity contribution in [1.29, 1.82) is 0 Å². The van der Waals surface area contributed by atoms with E-state index >= 15 is 0 Å². The van der Waals surface area contributed by atoms with Crippen LogP contribution in [0.25, 0.3) is 0 Å². The third kappa shape index (κ3) is 2.70. The van der Waals surface area contributed by atoms with E-state index in [2.05, 4.69) is 5.32 Å². The van der Waals surface area contributed by atoms with Gasteiger partial charge in [-0.25, -0.2) is 0 Å². The van der Waals surface area contributed by atoms with Gasteiger partial charge >= 0.3 is 0 Å². The molecule has 1 aliphatic heterocycles. The summed E-state index contributed by atoms with van der Waals surface area (Å²) in [6, 6.07) is 7.74. The highest BCUT2D eigenvalue weighted by atomic mass is 32.2. The number of nitrogens with zero attached hydrogens (tertiary/aromatic N) is 1. The summed E-state index contributed by atoms with van der Waals surface area (Å²) >= 11 is 0. The van der Waals surface area contributed by atoms with Gasteiger partial charge in [-0.05, 0) is 30.5 Å². The van der Waals surface area contributed by atoms with Crippen LogP contribution in [-0.4, -0.2) is 46.2 Å². The number of carbonyl (C=O) groups excluding carboxylic acids is 1. The maximum atomic E-state index is 12.5. The van der Waals surface area contributed by atoms with Crippen molar-refractivity contribution in [3.63, 3.8) is 0 Å². The predicted molar refractivity (Wildman–Crippen MR) is 81.5 cm³/mol. The van der Waals surface area contributed by atoms with Crippen molar-refractivity contribution in [3.8, 4) is 5.75 Å². The quantitative estimate of drug-likeness (QED) is 0.883. The Kier molecular flexibility index (Phi) is 3.75. The molecule has 3 rings (SSSR count). The molecule has 6 heteroatoms. The number of nitrogens with one attached hydrogen (secondary N) is 1. The Morgan fingerprint density at radius 2 is 2.05 bits per heavy atom. The maximum Gasteiger partial charge on any atom is 0.244 e. The molecule has 114 valence electrons. The summed E-state index contributed by atoms with van der Waals surface area (Å²) in [5, 5.41) is 3.46. The SMILES string of the molecule is COc1ccc(C2NC3(CC3)C(=O)N2CCS(C)=O)cc1. The van der Waals surface area contributed by atoms with Gasteiger partial charge in [0.05, 0.1) is 7.11 Å². The van der Waals surface area contributed by atoms with Gasteiger partial charge in [-0.3, -0.25) is 14.3 Å². The van der Waals surface area contributed by atoms with Crippen LogP contribution < -0.4 is 10.1 Å². The molecule has 0 aromatic heterocycles. The molecular weight excluding hydrogens is 288 g/mol. The first-order chi connectivity index (χ1) is 10.1. The standard InChI is InChI=1S/C15H20N2O3S/c1-20-12-5-3-11(4-6-12)13-16-15(7-8-15)14(18)17(13)9-10-21(2)19/h3-6,13,16H,7-10H2,1-2H3. The average molecular weight is 308 g/mol. The van der Waals surface area contributed by atoms with Gasteiger partial charge in [-0.1, -0.05) is 12.1 Å². The van der Waals surface area contributed by atoms with Gasteiger partial charge in [0, 0.05) is 29.4 Å². The van der Waals surface area contributed by atoms with E-state index in [1.807, 2.05) is 29.2 Å². The molecule has 1 saturated carbocycles. The third-order valence-corrected chi connectivity index (χ3v) is 4.95. The van der Waals surface area contributed by atoms with Gasteiger partial charge < -0.3 is 9.64 Å². The highest BCUT2D eigenvalue weighted by Gasteiger charge is 2.59. The number of amides is 1. The molecule has 2 unspecified atom stereocenters. The first-order valence-electron chi connectivity index (χ1n) is 7.08. The molecule has 1 aromatic carbocycles. The zero-order chi connectivity index (χ0) is 15.0. The molecule has 0 bridgehead atoms. The molecule has 1 saturated heterocycles. The molecule has 1 N–H and O–H groups in total. The van der Waals surface area contributed by atoms with E-state index in [0.717, 1.165) is 24.2 Å². The van der Waals surface area contributed by atoms with Crippen LogP contribution in [0.2, 0.25) is 0 Å². The van der Waals surface area contributed by atoms with Crippen molar-refractivity contribution in [2.45, 2.75) is 24.5 Å². The normalized spacial score (nSPS) is 24.4. The van der Waals surface area contributed by atoms with E-state index in [1.165, 1.54) is 0 Å². The Balaban J connectivity index is 1.83. The molecule has 1 amide bonds. The molecular formula is C15H20N2O3S. The monoisotopic (exact) mass is 308 g/mol. The summed E-state index contributed by atoms with van der Waals surface area (Å²) in [5.74, 6) is 1.45. The number of methoxy groups -OCH3 is 1. The molecule has 21 heavy (non-hydrogen) atoms. The van der Waals surface area contributed by atoms with Crippen molar-refractivity contribution in [2.75, 3.05) is 25.7 Å². The minimum Gasteiger partial charge on any atom is -0.497 e. The Morgan fingerprint density at radius 3 is 2.57 bits per heavy atom. The lowest BCUT2D eigenvalue weighted by Crippen LogP contribution is -2.34. The number of ether oxygens (including phenoxy) is 1. The van der Waals surface area contributed by atoms with Gasteiger partial charge in [0.1, 0.15) is 17.5 Å². The van der Waals surface area contributed by atoms with Gasteiger partial charge in [-0.2, -0.15) is 0 Å². The van der Waals surface area contributed by atoms with Gasteiger partial charge in [-0.15, -0.1) is 0 Å². The van der Waals surface area contributed by atoms with Gasteiger partial charge in [0.25, 0.3) is 0 Å². The van der Waals surface area contributed by atoms with E-state index in [9.17, 15) is 9.00 Å². The molecule has 2 atom stereocenters. The lowest BCUT2D eigenvalue weighted by Gasteiger charge is -2.24. The average Bonchev–Trinajstić information content (AvgIpc) is 3.21. The van der Waals surface area contributed by atoms with Crippen molar-refractivity contribution < 1.29 is 13.7 Å². The van der Waals surface area contributed by atoms with E-state index in [4.69, 9.17) is 4.74 Å². The molecule has 1 aliphatic carbocycles. The number of carbonyl (C=O) groups is 1. The number of hydrogen-bond donors (Lipinski definition) is 1. The van der Waals surface area contributed by atoms with Crippen LogP contribution >= 0.6 is 0 Å². The first kappa shape index (κ1) is 14.5. The molecule has 1 aromatic rings. The lowest BCUT2D eigenvalue weighted by atomic mass is 10.1. The minimum absolute atomic E-state index is 0.130. The van der Waals surface area contributed by atoms with Crippen molar-refractivity contribution in [3.05, 3.63) is 29.8 Å². The number of hydrogen-bond acceptors (Lipinski definition) is 4. The third-order valence-electron chi connectivity index (χ3n) is 4.20. The van der Waals surface area contributed by atoms with E-state index in [-0.39, 0.29) is 17.6 Å². The van der Waals surface area contributed by atoms with Crippen LogP contribution in [-0.2, 0) is 15.6 Å². The van der Waals surface area contributed by atoms with Crippen LogP contribution in [0.3, 0.4) is 0 Å². The summed E-state index contributed by atoms with van der Waals surface area (Å²) in [6.07, 6.45) is 3.33. The van der Waals surface area contributed by atoms with Crippen LogP contribution in [0.4, 0.5) is 0 Å². The summed E-state index contributed by atoms with van der Waals surface area (Å²) in [6.45, 7) is 0.521. The van der Waals surface area contributed by atoms with E-state index in [1.54, 1.807) is 13.4 Å². The van der Waals surface area contributed by atoms with Gasteiger partial charge in [0.15, 0.2) is 0 Å². The van der Waals surface area contributed by atoms with Crippen molar-refractivity contribution in [1.82, 2.24) is 10.2 Å². The summed E-state index contributed by atoms with van der Waals surface area (Å²) in [7, 11) is 0.734. The molecule has 2 fully saturated rings. The van der Waals surface area contributed by atoms with Gasteiger partial charge in [0.2, 0.25) is 5.91 Å². The Morgan fingerprint density at radius 1 is 1.38 bits per heavy atom. The molecule has 0 radical (unpaired) electrons. The van der Waals surface area contributed by atoms with Crippen LogP contribution in [0, 0.1) is 0 Å². The topological polar surface area (TPSA) is 58.6 Å². The largest absolute Gasteiger partial charge is 0.497 e.